The van der Waals surface area contributed by atoms with Gasteiger partial charge in [0.25, 0.3) is 0 Å². The predicted octanol–water partition coefficient (Wildman–Crippen LogP) is 2.02. The summed E-state index contributed by atoms with van der Waals surface area (Å²) in [5.41, 5.74) is 2.14. The molecule has 90 valence electrons. The highest BCUT2D eigenvalue weighted by atomic mass is 16.4. The van der Waals surface area contributed by atoms with Crippen LogP contribution in [0.2, 0.25) is 0 Å². The first kappa shape index (κ1) is 13.0. The molecular weight excluding hydrogens is 220 g/mol. The Morgan fingerprint density at radius 1 is 1.24 bits per heavy atom. The first-order valence-electron chi connectivity index (χ1n) is 5.22. The summed E-state index contributed by atoms with van der Waals surface area (Å²) in [4.78, 5) is 21.6. The van der Waals surface area contributed by atoms with Crippen molar-refractivity contribution in [2.45, 2.75) is 19.8 Å². The third-order valence-electron chi connectivity index (χ3n) is 2.42. The number of ketones is 1. The maximum absolute atomic E-state index is 11.3. The summed E-state index contributed by atoms with van der Waals surface area (Å²) < 4.78 is 0. The number of carboxylic acids is 1. The van der Waals surface area contributed by atoms with Crippen molar-refractivity contribution in [3.05, 3.63) is 47.2 Å². The maximum Gasteiger partial charge on any atom is 0.371 e. The summed E-state index contributed by atoms with van der Waals surface area (Å²) in [5, 5.41) is 17.3. The Kier molecular flexibility index (Phi) is 4.46. The molecule has 1 rings (SSSR count). The largest absolute Gasteiger partial charge is 0.502 e. The van der Waals surface area contributed by atoms with Crippen molar-refractivity contribution in [3.63, 3.8) is 0 Å². The Labute approximate surface area is 99.2 Å². The Morgan fingerprint density at radius 2 is 1.88 bits per heavy atom. The molecule has 1 aromatic rings. The number of aryl methyl sites for hydroxylation is 2. The van der Waals surface area contributed by atoms with Crippen molar-refractivity contribution in [2.75, 3.05) is 0 Å². The molecule has 0 bridgehead atoms. The Bertz CT molecular complexity index is 460. The molecule has 0 saturated carbocycles. The molecule has 0 aliphatic carbocycles. The van der Waals surface area contributed by atoms with Crippen molar-refractivity contribution < 1.29 is 19.8 Å². The van der Waals surface area contributed by atoms with E-state index < -0.39 is 17.5 Å². The number of aliphatic hydroxyl groups excluding tert-OH is 1. The minimum atomic E-state index is -1.49. The summed E-state index contributed by atoms with van der Waals surface area (Å²) in [5.74, 6) is -2.80. The van der Waals surface area contributed by atoms with Gasteiger partial charge >= 0.3 is 5.97 Å². The van der Waals surface area contributed by atoms with E-state index >= 15 is 0 Å². The molecular formula is C13H14O4. The molecule has 0 saturated heterocycles. The molecule has 0 aliphatic heterocycles. The van der Waals surface area contributed by atoms with Crippen LogP contribution >= 0.6 is 0 Å². The van der Waals surface area contributed by atoms with Crippen LogP contribution in [0.3, 0.4) is 0 Å². The van der Waals surface area contributed by atoms with Gasteiger partial charge in [-0.1, -0.05) is 24.3 Å². The summed E-state index contributed by atoms with van der Waals surface area (Å²) in [6, 6.07) is 7.67. The van der Waals surface area contributed by atoms with E-state index in [-0.39, 0.29) is 6.42 Å². The molecule has 17 heavy (non-hydrogen) atoms. The summed E-state index contributed by atoms with van der Waals surface area (Å²) in [6.07, 6.45) is 1.47. The van der Waals surface area contributed by atoms with E-state index in [2.05, 4.69) is 0 Å². The van der Waals surface area contributed by atoms with Gasteiger partial charge in [0.05, 0.1) is 0 Å². The van der Waals surface area contributed by atoms with Crippen LogP contribution in [0.5, 0.6) is 0 Å². The number of aliphatic hydroxyl groups is 1. The van der Waals surface area contributed by atoms with Crippen LogP contribution in [-0.4, -0.2) is 22.0 Å². The number of allylic oxidation sites excluding steroid dienone is 1. The fourth-order valence-electron chi connectivity index (χ4n) is 1.43. The average Bonchev–Trinajstić information content (AvgIpc) is 2.27. The molecule has 1 aromatic carbocycles. The normalized spacial score (nSPS) is 11.2. The topological polar surface area (TPSA) is 74.6 Å². The smallest absolute Gasteiger partial charge is 0.371 e. The molecule has 0 unspecified atom stereocenters. The number of benzene rings is 1. The van der Waals surface area contributed by atoms with E-state index in [1.807, 2.05) is 31.2 Å². The third kappa shape index (κ3) is 4.10. The van der Waals surface area contributed by atoms with Crippen LogP contribution in [0, 0.1) is 6.92 Å². The SMILES string of the molecule is Cc1ccccc1CCC(=O)/C=C(\O)C(=O)O. The Balaban J connectivity index is 2.58. The number of carboxylic acid groups (broad SMARTS) is 1. The van der Waals surface area contributed by atoms with Crippen LogP contribution in [0.1, 0.15) is 17.5 Å². The first-order chi connectivity index (χ1) is 8.00. The van der Waals surface area contributed by atoms with Crippen molar-refractivity contribution in [1.29, 1.82) is 0 Å². The molecule has 2 N–H and O–H groups in total. The molecule has 0 heterocycles. The zero-order chi connectivity index (χ0) is 12.8. The standard InChI is InChI=1S/C13H14O4/c1-9-4-2-3-5-10(9)6-7-11(14)8-12(15)13(16)17/h2-5,8,15H,6-7H2,1H3,(H,16,17)/b12-8-. The monoisotopic (exact) mass is 234 g/mol. The minimum absolute atomic E-state index is 0.183. The van der Waals surface area contributed by atoms with Crippen molar-refractivity contribution in [1.82, 2.24) is 0 Å². The van der Waals surface area contributed by atoms with E-state index in [1.165, 1.54) is 0 Å². The van der Waals surface area contributed by atoms with Gasteiger partial charge in [0.15, 0.2) is 5.78 Å². The number of aliphatic carboxylic acids is 1. The molecule has 0 fully saturated rings. The lowest BCUT2D eigenvalue weighted by Crippen LogP contribution is -2.04. The van der Waals surface area contributed by atoms with Crippen molar-refractivity contribution in [3.8, 4) is 0 Å². The van der Waals surface area contributed by atoms with Gasteiger partial charge in [-0.25, -0.2) is 4.79 Å². The number of hydrogen-bond donors (Lipinski definition) is 2. The maximum atomic E-state index is 11.3. The second-order valence-corrected chi connectivity index (χ2v) is 3.73. The molecule has 4 nitrogen and oxygen atoms in total. The van der Waals surface area contributed by atoms with Crippen LogP contribution in [-0.2, 0) is 16.0 Å². The van der Waals surface area contributed by atoms with Crippen LogP contribution < -0.4 is 0 Å². The van der Waals surface area contributed by atoms with Gasteiger partial charge in [-0.15, -0.1) is 0 Å². The second kappa shape index (κ2) is 5.84. The average molecular weight is 234 g/mol. The highest BCUT2D eigenvalue weighted by Gasteiger charge is 2.08. The summed E-state index contributed by atoms with van der Waals surface area (Å²) in [7, 11) is 0. The van der Waals surface area contributed by atoms with Crippen LogP contribution in [0.25, 0.3) is 0 Å². The molecule has 0 aliphatic rings. The van der Waals surface area contributed by atoms with Crippen LogP contribution in [0.4, 0.5) is 0 Å². The highest BCUT2D eigenvalue weighted by molar-refractivity contribution is 5.97. The molecule has 0 amide bonds. The summed E-state index contributed by atoms with van der Waals surface area (Å²) >= 11 is 0. The van der Waals surface area contributed by atoms with Gasteiger partial charge in [0, 0.05) is 12.5 Å². The van der Waals surface area contributed by atoms with Crippen molar-refractivity contribution in [2.24, 2.45) is 0 Å². The van der Waals surface area contributed by atoms with Gasteiger partial charge in [-0.2, -0.15) is 0 Å². The number of carbonyl (C=O) groups is 2. The van der Waals surface area contributed by atoms with E-state index in [0.717, 1.165) is 17.2 Å². The molecule has 4 heteroatoms. The summed E-state index contributed by atoms with van der Waals surface area (Å²) in [6.45, 7) is 1.95. The highest BCUT2D eigenvalue weighted by Crippen LogP contribution is 2.10. The predicted molar refractivity (Wildman–Crippen MR) is 62.9 cm³/mol. The van der Waals surface area contributed by atoms with E-state index in [9.17, 15) is 9.59 Å². The Hall–Kier alpha value is -2.10. The van der Waals surface area contributed by atoms with E-state index in [4.69, 9.17) is 10.2 Å². The molecule has 0 atom stereocenters. The van der Waals surface area contributed by atoms with E-state index in [0.29, 0.717) is 6.42 Å². The lowest BCUT2D eigenvalue weighted by molar-refractivity contribution is -0.135. The molecule has 0 aromatic heterocycles. The third-order valence-corrected chi connectivity index (χ3v) is 2.42. The first-order valence-corrected chi connectivity index (χ1v) is 5.22. The minimum Gasteiger partial charge on any atom is -0.502 e. The Morgan fingerprint density at radius 3 is 2.47 bits per heavy atom. The van der Waals surface area contributed by atoms with Gasteiger partial charge in [0.2, 0.25) is 5.76 Å². The van der Waals surface area contributed by atoms with Gasteiger partial charge in [-0.3, -0.25) is 4.79 Å². The van der Waals surface area contributed by atoms with Gasteiger partial charge < -0.3 is 10.2 Å². The number of rotatable bonds is 5. The molecule has 0 radical (unpaired) electrons. The van der Waals surface area contributed by atoms with Crippen LogP contribution in [0.15, 0.2) is 36.1 Å². The lowest BCUT2D eigenvalue weighted by atomic mass is 10.0. The van der Waals surface area contributed by atoms with Crippen molar-refractivity contribution >= 4 is 11.8 Å². The lowest BCUT2D eigenvalue weighted by Gasteiger charge is -2.03. The van der Waals surface area contributed by atoms with Gasteiger partial charge in [0.1, 0.15) is 0 Å². The number of carbonyl (C=O) groups excluding carboxylic acids is 1. The fourth-order valence-corrected chi connectivity index (χ4v) is 1.43. The van der Waals surface area contributed by atoms with Gasteiger partial charge in [-0.05, 0) is 24.5 Å². The quantitative estimate of drug-likeness (QED) is 0.603. The zero-order valence-electron chi connectivity index (χ0n) is 9.51. The molecule has 0 spiro atoms. The van der Waals surface area contributed by atoms with E-state index in [1.54, 1.807) is 0 Å². The second-order valence-electron chi connectivity index (χ2n) is 3.73. The fraction of sp³-hybridized carbons (Fsp3) is 0.231. The number of hydrogen-bond acceptors (Lipinski definition) is 3. The zero-order valence-corrected chi connectivity index (χ0v) is 9.51.